The Kier molecular flexibility index (Phi) is 5.80. The summed E-state index contributed by atoms with van der Waals surface area (Å²) in [5.41, 5.74) is 0.739. The van der Waals surface area contributed by atoms with Gasteiger partial charge in [-0.1, -0.05) is 15.9 Å². The molecule has 2 amide bonds. The Morgan fingerprint density at radius 3 is 2.50 bits per heavy atom. The molecule has 0 heterocycles. The molecule has 0 saturated heterocycles. The van der Waals surface area contributed by atoms with Crippen LogP contribution < -0.4 is 16.0 Å². The third kappa shape index (κ3) is 4.85. The molecule has 0 radical (unpaired) electrons. The highest BCUT2D eigenvalue weighted by molar-refractivity contribution is 9.10. The SMILES string of the molecule is CNC(=O)C[NH2+][C@H](C)C(=O)Nc1ccc(Br)cc1. The molecule has 0 aromatic heterocycles. The van der Waals surface area contributed by atoms with E-state index >= 15 is 0 Å². The summed E-state index contributed by atoms with van der Waals surface area (Å²) in [6.07, 6.45) is 0. The van der Waals surface area contributed by atoms with Gasteiger partial charge < -0.3 is 16.0 Å². The minimum Gasteiger partial charge on any atom is -0.354 e. The molecule has 1 aromatic rings. The maximum atomic E-state index is 11.8. The molecule has 98 valence electrons. The number of carbonyl (C=O) groups excluding carboxylic acids is 2. The zero-order valence-electron chi connectivity index (χ0n) is 10.4. The van der Waals surface area contributed by atoms with Crippen LogP contribution in [0.4, 0.5) is 5.69 Å². The molecule has 0 spiro atoms. The van der Waals surface area contributed by atoms with Crippen molar-refractivity contribution in [2.75, 3.05) is 18.9 Å². The smallest absolute Gasteiger partial charge is 0.282 e. The lowest BCUT2D eigenvalue weighted by Gasteiger charge is -2.10. The number of quaternary nitrogens is 1. The van der Waals surface area contributed by atoms with Gasteiger partial charge in [-0.25, -0.2) is 0 Å². The Balaban J connectivity index is 2.44. The molecule has 0 bridgehead atoms. The van der Waals surface area contributed by atoms with Crippen molar-refractivity contribution in [2.45, 2.75) is 13.0 Å². The number of nitrogens with one attached hydrogen (secondary N) is 2. The van der Waals surface area contributed by atoms with E-state index in [0.29, 0.717) is 0 Å². The first-order chi connectivity index (χ1) is 8.52. The molecule has 4 N–H and O–H groups in total. The molecule has 0 aliphatic carbocycles. The number of rotatable bonds is 5. The second-order valence-corrected chi connectivity index (χ2v) is 4.81. The van der Waals surface area contributed by atoms with Crippen molar-refractivity contribution in [1.29, 1.82) is 0 Å². The zero-order chi connectivity index (χ0) is 13.5. The van der Waals surface area contributed by atoms with Crippen molar-refractivity contribution in [1.82, 2.24) is 5.32 Å². The quantitative estimate of drug-likeness (QED) is 0.720. The monoisotopic (exact) mass is 314 g/mol. The minimum absolute atomic E-state index is 0.0988. The number of carbonyl (C=O) groups is 2. The van der Waals surface area contributed by atoms with E-state index in [0.717, 1.165) is 10.2 Å². The van der Waals surface area contributed by atoms with Crippen molar-refractivity contribution in [3.05, 3.63) is 28.7 Å². The van der Waals surface area contributed by atoms with E-state index < -0.39 is 0 Å². The van der Waals surface area contributed by atoms with E-state index in [1.54, 1.807) is 19.3 Å². The third-order valence-electron chi connectivity index (χ3n) is 2.46. The van der Waals surface area contributed by atoms with Crippen LogP contribution in [0.2, 0.25) is 0 Å². The molecular weight excluding hydrogens is 298 g/mol. The van der Waals surface area contributed by atoms with Gasteiger partial charge in [0.25, 0.3) is 11.8 Å². The largest absolute Gasteiger partial charge is 0.354 e. The average Bonchev–Trinajstić information content (AvgIpc) is 2.38. The normalized spacial score (nSPS) is 11.7. The predicted octanol–water partition coefficient (Wildman–Crippen LogP) is 0.0855. The number of nitrogens with two attached hydrogens (primary N) is 1. The summed E-state index contributed by atoms with van der Waals surface area (Å²) >= 11 is 3.33. The van der Waals surface area contributed by atoms with Gasteiger partial charge in [-0.15, -0.1) is 0 Å². The van der Waals surface area contributed by atoms with Crippen LogP contribution in [-0.2, 0) is 9.59 Å². The topological polar surface area (TPSA) is 74.8 Å². The Labute approximate surface area is 114 Å². The Bertz CT molecular complexity index is 420. The first-order valence-electron chi connectivity index (χ1n) is 5.63. The average molecular weight is 315 g/mol. The summed E-state index contributed by atoms with van der Waals surface area (Å²) in [5, 5.41) is 6.98. The summed E-state index contributed by atoms with van der Waals surface area (Å²) in [4.78, 5) is 22.9. The Morgan fingerprint density at radius 1 is 1.33 bits per heavy atom. The van der Waals surface area contributed by atoms with Gasteiger partial charge in [0.1, 0.15) is 0 Å². The van der Waals surface area contributed by atoms with E-state index in [1.807, 2.05) is 24.3 Å². The van der Waals surface area contributed by atoms with Crippen LogP contribution in [0.1, 0.15) is 6.92 Å². The number of hydrogen-bond acceptors (Lipinski definition) is 2. The molecule has 5 nitrogen and oxygen atoms in total. The van der Waals surface area contributed by atoms with Crippen LogP contribution in [0.15, 0.2) is 28.7 Å². The number of benzene rings is 1. The summed E-state index contributed by atoms with van der Waals surface area (Å²) in [5.74, 6) is -0.223. The first-order valence-corrected chi connectivity index (χ1v) is 6.42. The number of halogens is 1. The fraction of sp³-hybridized carbons (Fsp3) is 0.333. The lowest BCUT2D eigenvalue weighted by Crippen LogP contribution is -2.93. The molecule has 18 heavy (non-hydrogen) atoms. The Hall–Kier alpha value is -1.40. The lowest BCUT2D eigenvalue weighted by atomic mass is 10.2. The molecule has 1 atom stereocenters. The van der Waals surface area contributed by atoms with Gasteiger partial charge in [0, 0.05) is 17.2 Å². The number of likely N-dealkylation sites (N-methyl/N-ethyl adjacent to an activating group) is 1. The van der Waals surface area contributed by atoms with Crippen molar-refractivity contribution < 1.29 is 14.9 Å². The van der Waals surface area contributed by atoms with Gasteiger partial charge in [-0.3, -0.25) is 9.59 Å². The van der Waals surface area contributed by atoms with E-state index in [9.17, 15) is 9.59 Å². The fourth-order valence-corrected chi connectivity index (χ4v) is 1.55. The lowest BCUT2D eigenvalue weighted by molar-refractivity contribution is -0.662. The van der Waals surface area contributed by atoms with Crippen molar-refractivity contribution in [3.8, 4) is 0 Å². The third-order valence-corrected chi connectivity index (χ3v) is 2.99. The van der Waals surface area contributed by atoms with Gasteiger partial charge in [0.15, 0.2) is 12.6 Å². The van der Waals surface area contributed by atoms with Gasteiger partial charge in [0.2, 0.25) is 0 Å². The number of amides is 2. The number of hydrogen-bond donors (Lipinski definition) is 3. The van der Waals surface area contributed by atoms with Crippen LogP contribution in [0.3, 0.4) is 0 Å². The van der Waals surface area contributed by atoms with Crippen molar-refractivity contribution in [2.24, 2.45) is 0 Å². The second kappa shape index (κ2) is 7.13. The molecule has 1 rings (SSSR count). The maximum absolute atomic E-state index is 11.8. The summed E-state index contributed by atoms with van der Waals surface area (Å²) in [7, 11) is 1.57. The molecule has 0 aliphatic rings. The van der Waals surface area contributed by atoms with E-state index in [4.69, 9.17) is 0 Å². The summed E-state index contributed by atoms with van der Waals surface area (Å²) in [6.45, 7) is 2.00. The molecule has 1 aromatic carbocycles. The van der Waals surface area contributed by atoms with Crippen LogP contribution in [0, 0.1) is 0 Å². The van der Waals surface area contributed by atoms with E-state index in [1.165, 1.54) is 0 Å². The molecule has 0 aliphatic heterocycles. The maximum Gasteiger partial charge on any atom is 0.282 e. The van der Waals surface area contributed by atoms with Gasteiger partial charge in [-0.05, 0) is 31.2 Å². The second-order valence-electron chi connectivity index (χ2n) is 3.90. The first kappa shape index (κ1) is 14.7. The molecule has 0 fully saturated rings. The standard InChI is InChI=1S/C12H16BrN3O2/c1-8(15-7-11(17)14-2)12(18)16-10-5-3-9(13)4-6-10/h3-6,8,15H,7H2,1-2H3,(H,14,17)(H,16,18)/p+1/t8-/m1/s1. The van der Waals surface area contributed by atoms with Gasteiger partial charge in [-0.2, -0.15) is 0 Å². The zero-order valence-corrected chi connectivity index (χ0v) is 12.0. The fourth-order valence-electron chi connectivity index (χ4n) is 1.28. The number of anilines is 1. The van der Waals surface area contributed by atoms with E-state index in [-0.39, 0.29) is 24.4 Å². The molecule has 0 saturated carbocycles. The van der Waals surface area contributed by atoms with E-state index in [2.05, 4.69) is 26.6 Å². The van der Waals surface area contributed by atoms with Crippen LogP contribution in [-0.4, -0.2) is 31.4 Å². The highest BCUT2D eigenvalue weighted by atomic mass is 79.9. The Morgan fingerprint density at radius 2 is 1.94 bits per heavy atom. The highest BCUT2D eigenvalue weighted by Crippen LogP contribution is 2.13. The van der Waals surface area contributed by atoms with Gasteiger partial charge in [0.05, 0.1) is 0 Å². The molecule has 6 heteroatoms. The summed E-state index contributed by atoms with van der Waals surface area (Å²) < 4.78 is 0.958. The van der Waals surface area contributed by atoms with Gasteiger partial charge >= 0.3 is 0 Å². The van der Waals surface area contributed by atoms with Crippen molar-refractivity contribution in [3.63, 3.8) is 0 Å². The van der Waals surface area contributed by atoms with Crippen LogP contribution in [0.5, 0.6) is 0 Å². The molecular formula is C12H17BrN3O2+. The van der Waals surface area contributed by atoms with Crippen LogP contribution >= 0.6 is 15.9 Å². The predicted molar refractivity (Wildman–Crippen MR) is 73.1 cm³/mol. The van der Waals surface area contributed by atoms with Crippen LogP contribution in [0.25, 0.3) is 0 Å². The molecule has 0 unspecified atom stereocenters. The highest BCUT2D eigenvalue weighted by Gasteiger charge is 2.17. The summed E-state index contributed by atoms with van der Waals surface area (Å²) in [6, 6.07) is 7.02. The minimum atomic E-state index is -0.314. The van der Waals surface area contributed by atoms with Crippen molar-refractivity contribution >= 4 is 33.4 Å².